The lowest BCUT2D eigenvalue weighted by Gasteiger charge is -1.95. The largest absolute Gasteiger partial charge is 0.501 e. The van der Waals surface area contributed by atoms with Gasteiger partial charge in [0.15, 0.2) is 0 Å². The molecule has 0 aromatic heterocycles. The van der Waals surface area contributed by atoms with E-state index in [0.717, 1.165) is 0 Å². The maximum atomic E-state index is 8.33. The van der Waals surface area contributed by atoms with Crippen LogP contribution in [0.15, 0.2) is 12.3 Å². The average molecular weight is 140 g/mol. The van der Waals surface area contributed by atoms with Crippen LogP contribution in [0.25, 0.3) is 0 Å². The third-order valence-electron chi connectivity index (χ3n) is 0.936. The Morgan fingerprint density at radius 1 is 1.60 bits per heavy atom. The highest BCUT2D eigenvalue weighted by atomic mass is 16.5. The minimum atomic E-state index is 0.118. The van der Waals surface area contributed by atoms with Gasteiger partial charge in [-0.3, -0.25) is 0 Å². The van der Waals surface area contributed by atoms with Gasteiger partial charge in [-0.25, -0.2) is 0 Å². The van der Waals surface area contributed by atoms with Crippen LogP contribution in [0.2, 0.25) is 0 Å². The molecule has 0 aliphatic heterocycles. The number of aliphatic hydroxyl groups excluding tert-OH is 1. The Morgan fingerprint density at radius 3 is 2.80 bits per heavy atom. The van der Waals surface area contributed by atoms with Gasteiger partial charge in [0.25, 0.3) is 0 Å². The third kappa shape index (κ3) is 5.20. The number of hydrogen-bond acceptors (Lipinski definition) is 2. The summed E-state index contributed by atoms with van der Waals surface area (Å²) in [6.07, 6.45) is 1.08. The van der Waals surface area contributed by atoms with Gasteiger partial charge in [-0.05, 0) is 0 Å². The molecule has 0 aliphatic rings. The molecule has 0 atom stereocenters. The fourth-order valence-corrected chi connectivity index (χ4v) is 0.378. The van der Waals surface area contributed by atoms with E-state index in [4.69, 9.17) is 9.84 Å². The van der Waals surface area contributed by atoms with Crippen LogP contribution in [0.3, 0.4) is 0 Å². The van der Waals surface area contributed by atoms with E-state index in [0.29, 0.717) is 18.6 Å². The molecule has 2 nitrogen and oxygen atoms in total. The molecule has 0 spiro atoms. The molecule has 0 rings (SSSR count). The van der Waals surface area contributed by atoms with Crippen LogP contribution < -0.4 is 0 Å². The molecule has 0 saturated carbocycles. The predicted octanol–water partition coefficient (Wildman–Crippen LogP) is 0.922. The Kier molecular flexibility index (Phi) is 5.60. The quantitative estimate of drug-likeness (QED) is 0.466. The van der Waals surface area contributed by atoms with E-state index in [2.05, 4.69) is 18.4 Å². The van der Waals surface area contributed by atoms with Gasteiger partial charge in [-0.1, -0.05) is 12.5 Å². The van der Waals surface area contributed by atoms with Crippen LogP contribution in [0.1, 0.15) is 12.8 Å². The Morgan fingerprint density at radius 2 is 2.30 bits per heavy atom. The summed E-state index contributed by atoms with van der Waals surface area (Å²) in [6.45, 7) is 3.70. The summed E-state index contributed by atoms with van der Waals surface area (Å²) >= 11 is 0. The highest BCUT2D eigenvalue weighted by molar-refractivity contribution is 5.06. The van der Waals surface area contributed by atoms with Crippen LogP contribution in [0.4, 0.5) is 0 Å². The second kappa shape index (κ2) is 6.18. The summed E-state index contributed by atoms with van der Waals surface area (Å²) in [5.41, 5.74) is 0. The first-order chi connectivity index (χ1) is 4.81. The fourth-order valence-electron chi connectivity index (χ4n) is 0.378. The summed E-state index contributed by atoms with van der Waals surface area (Å²) in [5.74, 6) is 6.22. The summed E-state index contributed by atoms with van der Waals surface area (Å²) in [5, 5.41) is 8.33. The first-order valence-electron chi connectivity index (χ1n) is 3.09. The first kappa shape index (κ1) is 9.06. The van der Waals surface area contributed by atoms with Crippen molar-refractivity contribution in [2.45, 2.75) is 12.8 Å². The lowest BCUT2D eigenvalue weighted by atomic mass is 10.3. The molecular weight excluding hydrogens is 128 g/mol. The molecule has 0 aliphatic carbocycles. The zero-order valence-electron chi connectivity index (χ0n) is 6.18. The van der Waals surface area contributed by atoms with Crippen LogP contribution in [-0.2, 0) is 4.74 Å². The van der Waals surface area contributed by atoms with Gasteiger partial charge in [0, 0.05) is 6.42 Å². The number of hydrogen-bond donors (Lipinski definition) is 1. The van der Waals surface area contributed by atoms with Crippen molar-refractivity contribution in [2.24, 2.45) is 0 Å². The molecule has 56 valence electrons. The summed E-state index contributed by atoms with van der Waals surface area (Å²) < 4.78 is 4.77. The predicted molar refractivity (Wildman–Crippen MR) is 40.2 cm³/mol. The zero-order valence-corrected chi connectivity index (χ0v) is 6.18. The van der Waals surface area contributed by atoms with Gasteiger partial charge < -0.3 is 9.84 Å². The zero-order chi connectivity index (χ0) is 7.82. The van der Waals surface area contributed by atoms with Crippen molar-refractivity contribution in [3.63, 3.8) is 0 Å². The molecular formula is C8H12O2. The standard InChI is InChI=1S/C8H12O2/c1-8(10-2)6-4-3-5-7-9/h9H,1,5-7H2,2H3. The Balaban J connectivity index is 3.36. The molecule has 10 heavy (non-hydrogen) atoms. The summed E-state index contributed by atoms with van der Waals surface area (Å²) in [7, 11) is 1.57. The summed E-state index contributed by atoms with van der Waals surface area (Å²) in [6, 6.07) is 0. The van der Waals surface area contributed by atoms with E-state index >= 15 is 0 Å². The fraction of sp³-hybridized carbons (Fsp3) is 0.500. The van der Waals surface area contributed by atoms with Gasteiger partial charge in [0.05, 0.1) is 20.1 Å². The molecule has 2 heteroatoms. The molecule has 0 aromatic carbocycles. The average Bonchev–Trinajstić information content (AvgIpc) is 1.98. The lowest BCUT2D eigenvalue weighted by molar-refractivity contribution is 0.288. The van der Waals surface area contributed by atoms with Crippen LogP contribution in [0, 0.1) is 11.8 Å². The van der Waals surface area contributed by atoms with Crippen LogP contribution >= 0.6 is 0 Å². The van der Waals surface area contributed by atoms with Crippen molar-refractivity contribution in [3.8, 4) is 11.8 Å². The number of allylic oxidation sites excluding steroid dienone is 1. The number of rotatable bonds is 3. The van der Waals surface area contributed by atoms with Crippen molar-refractivity contribution >= 4 is 0 Å². The molecule has 0 radical (unpaired) electrons. The molecule has 0 unspecified atom stereocenters. The Hall–Kier alpha value is -0.940. The second-order valence-corrected chi connectivity index (χ2v) is 1.75. The minimum Gasteiger partial charge on any atom is -0.501 e. The molecule has 0 fully saturated rings. The van der Waals surface area contributed by atoms with Gasteiger partial charge in [-0.2, -0.15) is 0 Å². The second-order valence-electron chi connectivity index (χ2n) is 1.75. The summed E-state index contributed by atoms with van der Waals surface area (Å²) in [4.78, 5) is 0. The molecule has 0 aromatic rings. The van der Waals surface area contributed by atoms with Gasteiger partial charge in [0.1, 0.15) is 5.76 Å². The van der Waals surface area contributed by atoms with E-state index in [-0.39, 0.29) is 6.61 Å². The van der Waals surface area contributed by atoms with Gasteiger partial charge in [-0.15, -0.1) is 5.92 Å². The maximum Gasteiger partial charge on any atom is 0.100 e. The van der Waals surface area contributed by atoms with Crippen LogP contribution in [-0.4, -0.2) is 18.8 Å². The monoisotopic (exact) mass is 140 g/mol. The van der Waals surface area contributed by atoms with E-state index in [1.807, 2.05) is 0 Å². The van der Waals surface area contributed by atoms with Crippen molar-refractivity contribution in [1.82, 2.24) is 0 Å². The number of aliphatic hydroxyl groups is 1. The normalized spacial score (nSPS) is 7.80. The Labute approximate surface area is 61.5 Å². The Bertz CT molecular complexity index is 150. The van der Waals surface area contributed by atoms with E-state index in [9.17, 15) is 0 Å². The highest BCUT2D eigenvalue weighted by Gasteiger charge is 1.83. The van der Waals surface area contributed by atoms with E-state index in [1.165, 1.54) is 0 Å². The SMILES string of the molecule is C=C(CC#CCCO)OC. The first-order valence-corrected chi connectivity index (χ1v) is 3.09. The molecule has 0 amide bonds. The van der Waals surface area contributed by atoms with Crippen LogP contribution in [0.5, 0.6) is 0 Å². The molecule has 0 bridgehead atoms. The van der Waals surface area contributed by atoms with Gasteiger partial charge >= 0.3 is 0 Å². The maximum absolute atomic E-state index is 8.33. The van der Waals surface area contributed by atoms with Gasteiger partial charge in [0.2, 0.25) is 0 Å². The van der Waals surface area contributed by atoms with Crippen molar-refractivity contribution in [3.05, 3.63) is 12.3 Å². The topological polar surface area (TPSA) is 29.5 Å². The lowest BCUT2D eigenvalue weighted by Crippen LogP contribution is -1.81. The molecule has 0 heterocycles. The van der Waals surface area contributed by atoms with Crippen molar-refractivity contribution in [2.75, 3.05) is 13.7 Å². The van der Waals surface area contributed by atoms with E-state index in [1.54, 1.807) is 7.11 Å². The molecule has 1 N–H and O–H groups in total. The van der Waals surface area contributed by atoms with E-state index < -0.39 is 0 Å². The molecule has 0 saturated heterocycles. The number of methoxy groups -OCH3 is 1. The third-order valence-corrected chi connectivity index (χ3v) is 0.936. The van der Waals surface area contributed by atoms with Crippen molar-refractivity contribution in [1.29, 1.82) is 0 Å². The highest BCUT2D eigenvalue weighted by Crippen LogP contribution is 1.94. The number of ether oxygens (including phenoxy) is 1. The minimum absolute atomic E-state index is 0.118. The smallest absolute Gasteiger partial charge is 0.100 e. The van der Waals surface area contributed by atoms with Crippen molar-refractivity contribution < 1.29 is 9.84 Å².